The smallest absolute Gasteiger partial charge is 0.306 e. The first kappa shape index (κ1) is 73.2. The topological polar surface area (TPSA) is 111 Å². The van der Waals surface area contributed by atoms with Gasteiger partial charge < -0.3 is 27.9 Å². The zero-order chi connectivity index (χ0) is 55.6. The summed E-state index contributed by atoms with van der Waals surface area (Å²) in [7, 11) is 1.16. The molecule has 0 aromatic heterocycles. The van der Waals surface area contributed by atoms with Gasteiger partial charge in [-0.3, -0.25) is 14.2 Å². The number of unbranched alkanes of at least 4 members (excludes halogenated alkanes) is 29. The third-order valence-electron chi connectivity index (χ3n) is 13.4. The van der Waals surface area contributed by atoms with Crippen LogP contribution in [-0.2, 0) is 32.7 Å². The number of ether oxygens (including phenoxy) is 2. The number of likely N-dealkylation sites (N-methyl/N-ethyl adjacent to an activating group) is 1. The Hall–Kier alpha value is -2.81. The molecule has 0 saturated carbocycles. The molecule has 0 aromatic carbocycles. The molecule has 0 aromatic rings. The van der Waals surface area contributed by atoms with Crippen molar-refractivity contribution in [2.75, 3.05) is 47.5 Å². The standard InChI is InChI=1S/C66H118NO8P/c1-6-8-10-12-14-16-18-20-22-24-26-28-30-32-33-35-37-39-41-43-45-47-49-51-53-55-57-59-66(69)75-64(63-74-76(70,71)73-61-60-67(3,4)5)62-72-65(68)58-56-54-52-50-48-46-44-42-40-38-36-34-31-29-27-25-23-21-19-17-15-13-11-9-7-2/h8,10,14,16,19-22,25-28,32-33,64H,6-7,9,11-13,15,17-18,23-24,29-31,34-63H2,1-5H3/b10-8-,16-14-,21-19-,22-20-,27-25-,28-26-,33-32-. The number of allylic oxidation sites excluding steroid dienone is 14. The largest absolute Gasteiger partial charge is 0.756 e. The van der Waals surface area contributed by atoms with Gasteiger partial charge in [0.05, 0.1) is 27.7 Å². The lowest BCUT2D eigenvalue weighted by Crippen LogP contribution is -2.37. The van der Waals surface area contributed by atoms with Crippen LogP contribution in [0, 0.1) is 0 Å². The highest BCUT2D eigenvalue weighted by molar-refractivity contribution is 7.45. The number of hydrogen-bond acceptors (Lipinski definition) is 8. The summed E-state index contributed by atoms with van der Waals surface area (Å²) < 4.78 is 34.2. The van der Waals surface area contributed by atoms with Gasteiger partial charge in [0.1, 0.15) is 19.8 Å². The summed E-state index contributed by atoms with van der Waals surface area (Å²) in [4.78, 5) is 38.0. The predicted molar refractivity (Wildman–Crippen MR) is 323 cm³/mol. The first-order valence-corrected chi connectivity index (χ1v) is 32.8. The van der Waals surface area contributed by atoms with Gasteiger partial charge in [0.15, 0.2) is 6.10 Å². The maximum absolute atomic E-state index is 12.8. The molecule has 2 atom stereocenters. The number of phosphoric acid groups is 1. The number of hydrogen-bond donors (Lipinski definition) is 0. The van der Waals surface area contributed by atoms with Gasteiger partial charge >= 0.3 is 11.9 Å². The average Bonchev–Trinajstić information content (AvgIpc) is 3.38. The number of rotatable bonds is 57. The summed E-state index contributed by atoms with van der Waals surface area (Å²) in [5, 5.41) is 0. The molecule has 0 rings (SSSR count). The molecule has 0 heterocycles. The van der Waals surface area contributed by atoms with Gasteiger partial charge in [0.25, 0.3) is 7.82 Å². The van der Waals surface area contributed by atoms with Crippen molar-refractivity contribution in [2.45, 2.75) is 277 Å². The zero-order valence-corrected chi connectivity index (χ0v) is 50.8. The molecule has 0 amide bonds. The van der Waals surface area contributed by atoms with Crippen LogP contribution in [0.3, 0.4) is 0 Å². The van der Waals surface area contributed by atoms with Crippen molar-refractivity contribution in [1.29, 1.82) is 0 Å². The first-order valence-electron chi connectivity index (χ1n) is 31.3. The summed E-state index contributed by atoms with van der Waals surface area (Å²) in [5.41, 5.74) is 0. The highest BCUT2D eigenvalue weighted by Crippen LogP contribution is 2.38. The van der Waals surface area contributed by atoms with Gasteiger partial charge in [-0.25, -0.2) is 0 Å². The van der Waals surface area contributed by atoms with Crippen molar-refractivity contribution in [1.82, 2.24) is 0 Å². The molecule has 10 heteroatoms. The molecule has 0 aliphatic heterocycles. The van der Waals surface area contributed by atoms with E-state index in [2.05, 4.69) is 98.9 Å². The number of esters is 2. The molecule has 0 saturated heterocycles. The quantitative estimate of drug-likeness (QED) is 0.0195. The Balaban J connectivity index is 4.13. The minimum atomic E-state index is -4.64. The Kier molecular flexibility index (Phi) is 54.8. The zero-order valence-electron chi connectivity index (χ0n) is 49.9. The van der Waals surface area contributed by atoms with Crippen molar-refractivity contribution in [3.05, 3.63) is 85.1 Å². The molecule has 0 aliphatic carbocycles. The third kappa shape index (κ3) is 60.4. The molecule has 0 spiro atoms. The Bertz CT molecular complexity index is 1560. The Morgan fingerprint density at radius 3 is 1.12 bits per heavy atom. The van der Waals surface area contributed by atoms with Crippen LogP contribution >= 0.6 is 7.82 Å². The van der Waals surface area contributed by atoms with Gasteiger partial charge in [-0.2, -0.15) is 0 Å². The van der Waals surface area contributed by atoms with Crippen molar-refractivity contribution < 1.29 is 42.1 Å². The number of carbonyl (C=O) groups is 2. The number of phosphoric ester groups is 1. The van der Waals surface area contributed by atoms with Crippen LogP contribution < -0.4 is 4.89 Å². The van der Waals surface area contributed by atoms with E-state index in [0.29, 0.717) is 17.4 Å². The van der Waals surface area contributed by atoms with Crippen molar-refractivity contribution >= 4 is 19.8 Å². The summed E-state index contributed by atoms with van der Waals surface area (Å²) >= 11 is 0. The molecule has 9 nitrogen and oxygen atoms in total. The minimum Gasteiger partial charge on any atom is -0.756 e. The molecule has 0 N–H and O–H groups in total. The van der Waals surface area contributed by atoms with Gasteiger partial charge in [0, 0.05) is 12.8 Å². The fourth-order valence-corrected chi connectivity index (χ4v) is 9.33. The molecule has 0 radical (unpaired) electrons. The van der Waals surface area contributed by atoms with Gasteiger partial charge in [-0.1, -0.05) is 253 Å². The van der Waals surface area contributed by atoms with Crippen molar-refractivity contribution in [3.8, 4) is 0 Å². The minimum absolute atomic E-state index is 0.0342. The van der Waals surface area contributed by atoms with Crippen LogP contribution in [0.5, 0.6) is 0 Å². The molecule has 0 aliphatic rings. The molecular formula is C66H118NO8P. The second-order valence-electron chi connectivity index (χ2n) is 22.0. The van der Waals surface area contributed by atoms with Crippen LogP contribution in [0.4, 0.5) is 0 Å². The summed E-state index contributed by atoms with van der Waals surface area (Å²) in [6, 6.07) is 0. The molecule has 0 bridgehead atoms. The maximum Gasteiger partial charge on any atom is 0.306 e. The van der Waals surface area contributed by atoms with E-state index < -0.39 is 26.5 Å². The van der Waals surface area contributed by atoms with Crippen molar-refractivity contribution in [3.63, 3.8) is 0 Å². The van der Waals surface area contributed by atoms with E-state index in [1.165, 1.54) is 154 Å². The second-order valence-corrected chi connectivity index (χ2v) is 23.4. The van der Waals surface area contributed by atoms with Gasteiger partial charge in [-0.15, -0.1) is 0 Å². The first-order chi connectivity index (χ1) is 37.0. The number of carbonyl (C=O) groups excluding carboxylic acids is 2. The maximum atomic E-state index is 12.8. The predicted octanol–water partition coefficient (Wildman–Crippen LogP) is 19.2. The lowest BCUT2D eigenvalue weighted by molar-refractivity contribution is -0.870. The van der Waals surface area contributed by atoms with E-state index in [-0.39, 0.29) is 32.0 Å². The van der Waals surface area contributed by atoms with E-state index in [9.17, 15) is 19.0 Å². The molecule has 76 heavy (non-hydrogen) atoms. The van der Waals surface area contributed by atoms with E-state index in [4.69, 9.17) is 18.5 Å². The molecule has 440 valence electrons. The van der Waals surface area contributed by atoms with Crippen LogP contribution in [0.1, 0.15) is 271 Å². The van der Waals surface area contributed by atoms with Crippen LogP contribution in [0.2, 0.25) is 0 Å². The number of nitrogens with zero attached hydrogens (tertiary/aromatic N) is 1. The van der Waals surface area contributed by atoms with E-state index >= 15 is 0 Å². The second kappa shape index (κ2) is 56.9. The molecular weight excluding hydrogens is 966 g/mol. The van der Waals surface area contributed by atoms with Crippen molar-refractivity contribution in [2.24, 2.45) is 0 Å². The Morgan fingerprint density at radius 2 is 0.750 bits per heavy atom. The SMILES string of the molecule is CC/C=C\C/C=C\C/C=C\C/C=C\C/C=C\CCCCCCCCCCCCCC(=O)OC(COC(=O)CCCCCCCCCCCCCCC/C=C\C/C=C\CCCCCCC)COP(=O)([O-])OCC[N+](C)(C)C. The highest BCUT2D eigenvalue weighted by Gasteiger charge is 2.22. The lowest BCUT2D eigenvalue weighted by Gasteiger charge is -2.28. The van der Waals surface area contributed by atoms with E-state index in [1.807, 2.05) is 21.1 Å². The summed E-state index contributed by atoms with van der Waals surface area (Å²) in [6.45, 7) is 4.13. The summed E-state index contributed by atoms with van der Waals surface area (Å²) in [6.07, 6.45) is 76.3. The Labute approximate surface area is 469 Å². The van der Waals surface area contributed by atoms with Crippen LogP contribution in [0.25, 0.3) is 0 Å². The Morgan fingerprint density at radius 1 is 0.421 bits per heavy atom. The fourth-order valence-electron chi connectivity index (χ4n) is 8.60. The van der Waals surface area contributed by atoms with Crippen LogP contribution in [-0.4, -0.2) is 70.0 Å². The van der Waals surface area contributed by atoms with E-state index in [0.717, 1.165) is 83.5 Å². The van der Waals surface area contributed by atoms with Gasteiger partial charge in [-0.05, 0) is 89.9 Å². The number of quaternary nitrogens is 1. The highest BCUT2D eigenvalue weighted by atomic mass is 31.2. The fraction of sp³-hybridized carbons (Fsp3) is 0.758. The molecule has 0 fully saturated rings. The normalized spacial score (nSPS) is 13.8. The molecule has 2 unspecified atom stereocenters. The monoisotopic (exact) mass is 1080 g/mol. The van der Waals surface area contributed by atoms with Crippen LogP contribution in [0.15, 0.2) is 85.1 Å². The average molecular weight is 1080 g/mol. The van der Waals surface area contributed by atoms with Gasteiger partial charge in [0.2, 0.25) is 0 Å². The summed E-state index contributed by atoms with van der Waals surface area (Å²) in [5.74, 6) is -0.833. The third-order valence-corrected chi connectivity index (χ3v) is 14.4. The van der Waals surface area contributed by atoms with E-state index in [1.54, 1.807) is 0 Å². The lowest BCUT2D eigenvalue weighted by atomic mass is 10.0.